The van der Waals surface area contributed by atoms with Gasteiger partial charge in [-0.25, -0.2) is 4.98 Å². The van der Waals surface area contributed by atoms with E-state index in [1.54, 1.807) is 16.8 Å². The molecule has 4 heterocycles. The van der Waals surface area contributed by atoms with E-state index in [0.29, 0.717) is 43.0 Å². The molecule has 1 saturated heterocycles. The maximum atomic E-state index is 13.5. The van der Waals surface area contributed by atoms with Gasteiger partial charge in [-0.3, -0.25) is 24.3 Å². The van der Waals surface area contributed by atoms with E-state index >= 15 is 0 Å². The Kier molecular flexibility index (Phi) is 6.67. The zero-order valence-electron chi connectivity index (χ0n) is 20.5. The highest BCUT2D eigenvalue weighted by Gasteiger charge is 2.20. The fourth-order valence-corrected chi connectivity index (χ4v) is 4.60. The number of amides is 1. The van der Waals surface area contributed by atoms with E-state index < -0.39 is 5.91 Å². The highest BCUT2D eigenvalue weighted by atomic mass is 16.5. The third-order valence-electron chi connectivity index (χ3n) is 6.69. The summed E-state index contributed by atoms with van der Waals surface area (Å²) in [6.45, 7) is 7.85. The Morgan fingerprint density at radius 1 is 1.14 bits per heavy atom. The van der Waals surface area contributed by atoms with Gasteiger partial charge in [-0.2, -0.15) is 0 Å². The second-order valence-corrected chi connectivity index (χ2v) is 9.21. The molecule has 9 heteroatoms. The van der Waals surface area contributed by atoms with Gasteiger partial charge in [-0.1, -0.05) is 36.4 Å². The van der Waals surface area contributed by atoms with Crippen molar-refractivity contribution in [3.63, 3.8) is 0 Å². The first-order valence-corrected chi connectivity index (χ1v) is 12.2. The molecule has 5 rings (SSSR count). The van der Waals surface area contributed by atoms with Crippen LogP contribution in [0.15, 0.2) is 59.5 Å². The molecule has 1 unspecified atom stereocenters. The summed E-state index contributed by atoms with van der Waals surface area (Å²) >= 11 is 0. The van der Waals surface area contributed by atoms with Crippen molar-refractivity contribution in [2.45, 2.75) is 26.4 Å². The topological polar surface area (TPSA) is 105 Å². The molecule has 1 atom stereocenters. The molecule has 0 saturated carbocycles. The minimum atomic E-state index is -0.396. The first-order valence-electron chi connectivity index (χ1n) is 12.2. The first-order chi connectivity index (χ1) is 17.4. The van der Waals surface area contributed by atoms with Gasteiger partial charge in [0.25, 0.3) is 11.5 Å². The van der Waals surface area contributed by atoms with Crippen molar-refractivity contribution in [1.82, 2.24) is 24.2 Å². The van der Waals surface area contributed by atoms with E-state index in [1.165, 1.54) is 10.5 Å². The van der Waals surface area contributed by atoms with E-state index in [0.717, 1.165) is 24.2 Å². The summed E-state index contributed by atoms with van der Waals surface area (Å²) in [7, 11) is 0. The largest absolute Gasteiger partial charge is 0.379 e. The number of hydrogen-bond acceptors (Lipinski definition) is 6. The molecule has 186 valence electrons. The molecule has 4 aromatic rings. The molecule has 0 aliphatic carbocycles. The Hall–Kier alpha value is -3.82. The molecule has 1 fully saturated rings. The van der Waals surface area contributed by atoms with E-state index in [4.69, 9.17) is 15.1 Å². The number of nitrogens with zero attached hydrogens (tertiary/aromatic N) is 4. The van der Waals surface area contributed by atoms with Crippen molar-refractivity contribution in [1.29, 1.82) is 5.41 Å². The summed E-state index contributed by atoms with van der Waals surface area (Å²) in [6.07, 6.45) is 1.74. The molecule has 1 amide bonds. The van der Waals surface area contributed by atoms with Crippen LogP contribution in [-0.2, 0) is 11.3 Å². The number of pyridine rings is 2. The fraction of sp³-hybridized carbons (Fsp3) is 0.333. The molecule has 2 N–H and O–H groups in total. The van der Waals surface area contributed by atoms with Crippen LogP contribution in [0, 0.1) is 12.3 Å². The van der Waals surface area contributed by atoms with E-state index in [9.17, 15) is 9.59 Å². The Bertz CT molecular complexity index is 1540. The number of carbonyl (C=O) groups excluding carboxylic acids is 1. The van der Waals surface area contributed by atoms with E-state index in [-0.39, 0.29) is 22.7 Å². The number of morpholine rings is 1. The lowest BCUT2D eigenvalue weighted by atomic mass is 10.1. The van der Waals surface area contributed by atoms with Gasteiger partial charge in [-0.05, 0) is 37.1 Å². The molecule has 1 aliphatic heterocycles. The number of carbonyl (C=O) groups is 1. The van der Waals surface area contributed by atoms with Crippen molar-refractivity contribution in [2.75, 3.05) is 32.8 Å². The fourth-order valence-electron chi connectivity index (χ4n) is 4.60. The number of aromatic nitrogens is 3. The van der Waals surface area contributed by atoms with Crippen LogP contribution in [0.2, 0.25) is 0 Å². The second-order valence-electron chi connectivity index (χ2n) is 9.21. The molecule has 1 aliphatic rings. The number of aryl methyl sites for hydroxylation is 1. The van der Waals surface area contributed by atoms with Crippen molar-refractivity contribution in [3.05, 3.63) is 87.3 Å². The standard InChI is InChI=1S/C27H30N6O3/c1-18-8-9-23-30-25-22(27(35)33(23)17-18)16-21(26(34)29-19(2)20-6-4-3-5-7-20)24(28)32(25)11-10-31-12-14-36-15-13-31/h3-9,16-17,19,28H,10-15H2,1-2H3,(H,29,34). The molecular formula is C27H30N6O3. The molecule has 3 aromatic heterocycles. The second kappa shape index (κ2) is 10.0. The van der Waals surface area contributed by atoms with Gasteiger partial charge in [-0.15, -0.1) is 0 Å². The quantitative estimate of drug-likeness (QED) is 0.407. The summed E-state index contributed by atoms with van der Waals surface area (Å²) < 4.78 is 8.64. The third kappa shape index (κ3) is 4.67. The molecular weight excluding hydrogens is 456 g/mol. The summed E-state index contributed by atoms with van der Waals surface area (Å²) in [6, 6.07) is 14.6. The molecule has 0 radical (unpaired) electrons. The highest BCUT2D eigenvalue weighted by Crippen LogP contribution is 2.15. The Labute approximate surface area is 208 Å². The average Bonchev–Trinajstić information content (AvgIpc) is 2.89. The number of fused-ring (bicyclic) bond motifs is 2. The van der Waals surface area contributed by atoms with Crippen LogP contribution in [0.5, 0.6) is 0 Å². The minimum absolute atomic E-state index is 0.0388. The van der Waals surface area contributed by atoms with Gasteiger partial charge in [0.1, 0.15) is 16.8 Å². The lowest BCUT2D eigenvalue weighted by Gasteiger charge is -2.27. The minimum Gasteiger partial charge on any atom is -0.379 e. The van der Waals surface area contributed by atoms with Crippen LogP contribution in [0.4, 0.5) is 0 Å². The van der Waals surface area contributed by atoms with Crippen LogP contribution in [0.25, 0.3) is 16.7 Å². The lowest BCUT2D eigenvalue weighted by molar-refractivity contribution is 0.0363. The average molecular weight is 487 g/mol. The van der Waals surface area contributed by atoms with Gasteiger partial charge < -0.3 is 14.6 Å². The number of hydrogen-bond donors (Lipinski definition) is 2. The van der Waals surface area contributed by atoms with Gasteiger partial charge in [0, 0.05) is 32.4 Å². The molecule has 0 spiro atoms. The number of rotatable bonds is 6. The predicted molar refractivity (Wildman–Crippen MR) is 137 cm³/mol. The maximum Gasteiger partial charge on any atom is 0.267 e. The number of ether oxygens (including phenoxy) is 1. The van der Waals surface area contributed by atoms with Gasteiger partial charge >= 0.3 is 0 Å². The van der Waals surface area contributed by atoms with Crippen LogP contribution >= 0.6 is 0 Å². The molecule has 36 heavy (non-hydrogen) atoms. The molecule has 0 bridgehead atoms. The molecule has 1 aromatic carbocycles. The Balaban J connectivity index is 1.61. The summed E-state index contributed by atoms with van der Waals surface area (Å²) in [5.41, 5.74) is 2.74. The summed E-state index contributed by atoms with van der Waals surface area (Å²) in [4.78, 5) is 33.9. The van der Waals surface area contributed by atoms with Crippen LogP contribution < -0.4 is 16.4 Å². The van der Waals surface area contributed by atoms with Crippen molar-refractivity contribution >= 4 is 22.6 Å². The van der Waals surface area contributed by atoms with E-state index in [2.05, 4.69) is 10.2 Å². The normalized spacial score (nSPS) is 15.3. The predicted octanol–water partition coefficient (Wildman–Crippen LogP) is 2.26. The van der Waals surface area contributed by atoms with Crippen LogP contribution in [0.1, 0.15) is 34.5 Å². The van der Waals surface area contributed by atoms with E-state index in [1.807, 2.05) is 50.2 Å². The first kappa shape index (κ1) is 23.9. The van der Waals surface area contributed by atoms with Crippen molar-refractivity contribution in [2.24, 2.45) is 0 Å². The van der Waals surface area contributed by atoms with Gasteiger partial charge in [0.15, 0.2) is 0 Å². The Morgan fingerprint density at radius 2 is 1.89 bits per heavy atom. The summed E-state index contributed by atoms with van der Waals surface area (Å²) in [5, 5.41) is 12.2. The smallest absolute Gasteiger partial charge is 0.267 e. The summed E-state index contributed by atoms with van der Waals surface area (Å²) in [5.74, 6) is -0.396. The SMILES string of the molecule is Cc1ccc2nc3c(cc(C(=O)NC(C)c4ccccc4)c(=N)n3CCN3CCOCC3)c(=O)n2c1. The zero-order chi connectivity index (χ0) is 25.2. The van der Waals surface area contributed by atoms with Gasteiger partial charge in [0.05, 0.1) is 30.2 Å². The zero-order valence-corrected chi connectivity index (χ0v) is 20.5. The van der Waals surface area contributed by atoms with Crippen LogP contribution in [-0.4, -0.2) is 57.6 Å². The number of benzene rings is 1. The highest BCUT2D eigenvalue weighted by molar-refractivity contribution is 5.97. The number of nitrogens with one attached hydrogen (secondary N) is 2. The van der Waals surface area contributed by atoms with Gasteiger partial charge in [0.2, 0.25) is 0 Å². The maximum absolute atomic E-state index is 13.5. The Morgan fingerprint density at radius 3 is 2.64 bits per heavy atom. The third-order valence-corrected chi connectivity index (χ3v) is 6.69. The van der Waals surface area contributed by atoms with Crippen molar-refractivity contribution < 1.29 is 9.53 Å². The lowest BCUT2D eigenvalue weighted by Crippen LogP contribution is -2.41. The molecule has 9 nitrogen and oxygen atoms in total. The monoisotopic (exact) mass is 486 g/mol. The van der Waals surface area contributed by atoms with Crippen molar-refractivity contribution in [3.8, 4) is 0 Å². The van der Waals surface area contributed by atoms with Crippen LogP contribution in [0.3, 0.4) is 0 Å².